The van der Waals surface area contributed by atoms with Crippen molar-refractivity contribution >= 4 is 11.9 Å². The number of fused-ring (bicyclic) bond motifs is 1. The number of aliphatic carboxylic acids is 1. The van der Waals surface area contributed by atoms with E-state index < -0.39 is 11.4 Å². The Bertz CT molecular complexity index is 703. The lowest BCUT2D eigenvalue weighted by Gasteiger charge is -2.24. The topological polar surface area (TPSA) is 85.3 Å². The molecule has 25 heavy (non-hydrogen) atoms. The monoisotopic (exact) mass is 349 g/mol. The molecule has 3 rings (SSSR count). The fraction of sp³-hybridized carbons (Fsp3) is 0.556. The highest BCUT2D eigenvalue weighted by Gasteiger charge is 2.56. The molecule has 7 nitrogen and oxygen atoms in total. The number of carbonyl (C=O) groups excluding carboxylic acids is 1. The van der Waals surface area contributed by atoms with Crippen molar-refractivity contribution in [1.29, 1.82) is 0 Å². The van der Waals surface area contributed by atoms with Gasteiger partial charge in [-0.3, -0.25) is 9.59 Å². The van der Waals surface area contributed by atoms with Crippen molar-refractivity contribution in [1.82, 2.24) is 4.90 Å². The Hall–Kier alpha value is -2.44. The molecule has 0 bridgehead atoms. The van der Waals surface area contributed by atoms with E-state index in [1.54, 1.807) is 17.0 Å². The van der Waals surface area contributed by atoms with Crippen molar-refractivity contribution in [2.45, 2.75) is 19.3 Å². The van der Waals surface area contributed by atoms with Crippen molar-refractivity contribution in [2.75, 3.05) is 34.4 Å². The van der Waals surface area contributed by atoms with E-state index in [1.807, 2.05) is 0 Å². The van der Waals surface area contributed by atoms with Crippen molar-refractivity contribution in [3.8, 4) is 17.2 Å². The second-order valence-corrected chi connectivity index (χ2v) is 6.64. The van der Waals surface area contributed by atoms with Crippen LogP contribution in [-0.2, 0) is 4.79 Å². The van der Waals surface area contributed by atoms with Gasteiger partial charge in [-0.05, 0) is 18.8 Å². The van der Waals surface area contributed by atoms with Gasteiger partial charge in [-0.15, -0.1) is 0 Å². The average molecular weight is 349 g/mol. The summed E-state index contributed by atoms with van der Waals surface area (Å²) in [4.78, 5) is 26.5. The quantitative estimate of drug-likeness (QED) is 0.876. The number of methoxy groups -OCH3 is 3. The molecule has 1 aromatic carbocycles. The van der Waals surface area contributed by atoms with Crippen LogP contribution in [0.25, 0.3) is 0 Å². The van der Waals surface area contributed by atoms with Crippen LogP contribution < -0.4 is 14.2 Å². The maximum atomic E-state index is 13.0. The van der Waals surface area contributed by atoms with E-state index in [-0.39, 0.29) is 18.4 Å². The summed E-state index contributed by atoms with van der Waals surface area (Å²) < 4.78 is 15.9. The molecule has 0 radical (unpaired) electrons. The predicted octanol–water partition coefficient (Wildman–Crippen LogP) is 2.04. The third-order valence-corrected chi connectivity index (χ3v) is 5.52. The third-order valence-electron chi connectivity index (χ3n) is 5.52. The van der Waals surface area contributed by atoms with Gasteiger partial charge < -0.3 is 24.2 Å². The number of carboxylic acids is 1. The summed E-state index contributed by atoms with van der Waals surface area (Å²) in [5.41, 5.74) is -0.458. The lowest BCUT2D eigenvalue weighted by atomic mass is 9.81. The minimum atomic E-state index is -0.806. The van der Waals surface area contributed by atoms with Gasteiger partial charge in [-0.25, -0.2) is 0 Å². The minimum Gasteiger partial charge on any atom is -0.496 e. The first-order valence-electron chi connectivity index (χ1n) is 8.29. The zero-order valence-electron chi connectivity index (χ0n) is 14.7. The number of nitrogens with zero attached hydrogens (tertiary/aromatic N) is 1. The molecule has 0 aromatic heterocycles. The second-order valence-electron chi connectivity index (χ2n) is 6.64. The molecule has 1 aliphatic carbocycles. The maximum Gasteiger partial charge on any atom is 0.311 e. The Morgan fingerprint density at radius 1 is 1.12 bits per heavy atom. The van der Waals surface area contributed by atoms with Crippen LogP contribution in [0.1, 0.15) is 29.6 Å². The van der Waals surface area contributed by atoms with E-state index in [2.05, 4.69) is 0 Å². The fourth-order valence-electron chi connectivity index (χ4n) is 4.16. The second kappa shape index (κ2) is 6.46. The molecule has 2 aliphatic rings. The lowest BCUT2D eigenvalue weighted by Crippen LogP contribution is -2.37. The highest BCUT2D eigenvalue weighted by atomic mass is 16.5. The Labute approximate surface area is 146 Å². The Kier molecular flexibility index (Phi) is 4.49. The first-order chi connectivity index (χ1) is 12.0. The van der Waals surface area contributed by atoms with Crippen LogP contribution in [0.3, 0.4) is 0 Å². The highest BCUT2D eigenvalue weighted by molar-refractivity contribution is 5.98. The van der Waals surface area contributed by atoms with Gasteiger partial charge in [0.05, 0.1) is 32.3 Å². The summed E-state index contributed by atoms with van der Waals surface area (Å²) in [6.07, 6.45) is 2.37. The number of amides is 1. The third kappa shape index (κ3) is 2.67. The maximum absolute atomic E-state index is 13.0. The van der Waals surface area contributed by atoms with Crippen LogP contribution in [0.5, 0.6) is 17.2 Å². The zero-order valence-corrected chi connectivity index (χ0v) is 14.7. The van der Waals surface area contributed by atoms with Gasteiger partial charge in [0.25, 0.3) is 5.91 Å². The molecule has 1 heterocycles. The molecule has 2 atom stereocenters. The van der Waals surface area contributed by atoms with E-state index >= 15 is 0 Å². The van der Waals surface area contributed by atoms with Crippen LogP contribution in [0.2, 0.25) is 0 Å². The van der Waals surface area contributed by atoms with Crippen molar-refractivity contribution < 1.29 is 28.9 Å². The molecule has 1 saturated carbocycles. The van der Waals surface area contributed by atoms with Gasteiger partial charge in [0.2, 0.25) is 0 Å². The molecule has 1 amide bonds. The SMILES string of the molecule is COc1cc(OC)c(C(=O)N2C[C@@H]3CCC[C@@]3(C(=O)O)C2)cc1OC. The summed E-state index contributed by atoms with van der Waals surface area (Å²) >= 11 is 0. The van der Waals surface area contributed by atoms with Gasteiger partial charge in [0, 0.05) is 25.2 Å². The number of carbonyl (C=O) groups is 2. The molecular weight excluding hydrogens is 326 g/mol. The number of ether oxygens (including phenoxy) is 3. The lowest BCUT2D eigenvalue weighted by molar-refractivity contribution is -0.149. The summed E-state index contributed by atoms with van der Waals surface area (Å²) in [7, 11) is 4.49. The van der Waals surface area contributed by atoms with E-state index in [1.165, 1.54) is 21.3 Å². The highest BCUT2D eigenvalue weighted by Crippen LogP contribution is 2.49. The van der Waals surface area contributed by atoms with Crippen LogP contribution in [0.4, 0.5) is 0 Å². The molecule has 1 aliphatic heterocycles. The molecule has 0 spiro atoms. The molecule has 0 unspecified atom stereocenters. The molecule has 7 heteroatoms. The number of hydrogen-bond donors (Lipinski definition) is 1. The average Bonchev–Trinajstić information content (AvgIpc) is 3.18. The number of rotatable bonds is 5. The van der Waals surface area contributed by atoms with Crippen molar-refractivity contribution in [3.05, 3.63) is 17.7 Å². The van der Waals surface area contributed by atoms with Gasteiger partial charge in [-0.2, -0.15) is 0 Å². The van der Waals surface area contributed by atoms with Gasteiger partial charge in [0.1, 0.15) is 5.75 Å². The fourth-order valence-corrected chi connectivity index (χ4v) is 4.16. The van der Waals surface area contributed by atoms with Crippen LogP contribution >= 0.6 is 0 Å². The first kappa shape index (κ1) is 17.4. The van der Waals surface area contributed by atoms with E-state index in [0.29, 0.717) is 35.8 Å². The molecule has 2 fully saturated rings. The summed E-state index contributed by atoms with van der Waals surface area (Å²) in [5, 5.41) is 9.70. The van der Waals surface area contributed by atoms with Gasteiger partial charge in [0.15, 0.2) is 11.5 Å². The first-order valence-corrected chi connectivity index (χ1v) is 8.29. The molecule has 1 aromatic rings. The number of carboxylic acid groups (broad SMARTS) is 1. The zero-order chi connectivity index (χ0) is 18.2. The van der Waals surface area contributed by atoms with E-state index in [4.69, 9.17) is 14.2 Å². The standard InChI is InChI=1S/C18H23NO6/c1-23-13-8-15(25-3)14(24-2)7-12(13)16(20)19-9-11-5-4-6-18(11,10-19)17(21)22/h7-8,11H,4-6,9-10H2,1-3H3,(H,21,22)/t11-,18+/m0/s1. The van der Waals surface area contributed by atoms with Crippen molar-refractivity contribution in [3.63, 3.8) is 0 Å². The molecule has 1 saturated heterocycles. The van der Waals surface area contributed by atoms with Crippen molar-refractivity contribution in [2.24, 2.45) is 11.3 Å². The van der Waals surface area contributed by atoms with Gasteiger partial charge in [-0.1, -0.05) is 6.42 Å². The number of benzene rings is 1. The summed E-state index contributed by atoms with van der Waals surface area (Å²) in [6, 6.07) is 3.19. The predicted molar refractivity (Wildman–Crippen MR) is 89.4 cm³/mol. The van der Waals surface area contributed by atoms with Crippen LogP contribution in [-0.4, -0.2) is 56.3 Å². The Morgan fingerprint density at radius 3 is 2.32 bits per heavy atom. The van der Waals surface area contributed by atoms with Gasteiger partial charge >= 0.3 is 5.97 Å². The number of likely N-dealkylation sites (tertiary alicyclic amines) is 1. The Morgan fingerprint density at radius 2 is 1.76 bits per heavy atom. The molecular formula is C18H23NO6. The Balaban J connectivity index is 1.93. The van der Waals surface area contributed by atoms with E-state index in [0.717, 1.165) is 12.8 Å². The summed E-state index contributed by atoms with van der Waals surface area (Å²) in [6.45, 7) is 0.700. The molecule has 136 valence electrons. The minimum absolute atomic E-state index is 0.0140. The van der Waals surface area contributed by atoms with Crippen LogP contribution in [0.15, 0.2) is 12.1 Å². The van der Waals surface area contributed by atoms with Crippen LogP contribution in [0, 0.1) is 11.3 Å². The molecule has 1 N–H and O–H groups in total. The number of hydrogen-bond acceptors (Lipinski definition) is 5. The van der Waals surface area contributed by atoms with E-state index in [9.17, 15) is 14.7 Å². The summed E-state index contributed by atoms with van der Waals surface area (Å²) in [5.74, 6) is 0.247. The largest absolute Gasteiger partial charge is 0.496 e. The normalized spacial score (nSPS) is 24.8. The smallest absolute Gasteiger partial charge is 0.311 e.